The Hall–Kier alpha value is -2.58. The summed E-state index contributed by atoms with van der Waals surface area (Å²) in [6, 6.07) is 15.0. The number of nitrogens with one attached hydrogen (secondary N) is 1. The molecule has 1 amide bonds. The van der Waals surface area contributed by atoms with Gasteiger partial charge >= 0.3 is 0 Å². The third-order valence-corrected chi connectivity index (χ3v) is 5.47. The van der Waals surface area contributed by atoms with E-state index in [9.17, 15) is 13.2 Å². The number of nitrogens with zero attached hydrogens (tertiary/aromatic N) is 1. The van der Waals surface area contributed by atoms with Crippen LogP contribution in [0.4, 0.5) is 5.69 Å². The Kier molecular flexibility index (Phi) is 8.68. The molecule has 0 heterocycles. The predicted octanol–water partition coefficient (Wildman–Crippen LogP) is 3.56. The van der Waals surface area contributed by atoms with Gasteiger partial charge in [0.1, 0.15) is 17.5 Å². The topological polar surface area (TPSA) is 84.9 Å². The van der Waals surface area contributed by atoms with Crippen molar-refractivity contribution >= 4 is 21.6 Å². The summed E-state index contributed by atoms with van der Waals surface area (Å²) in [5.74, 6) is 0.884. The third kappa shape index (κ3) is 7.35. The van der Waals surface area contributed by atoms with E-state index >= 15 is 0 Å². The molecular weight excluding hydrogens is 404 g/mol. The standard InChI is InChI=1S/C22H30N2O5S/c1-17(2)28-16-8-15-23-22(25)18(3)24(30(4,26)27)19-11-13-21(14-12-19)29-20-9-6-5-7-10-20/h5-7,9-14,17-18H,8,15-16H2,1-4H3,(H,23,25)/t18-/m0/s1. The number of amides is 1. The first-order valence-electron chi connectivity index (χ1n) is 9.90. The molecule has 0 aliphatic carbocycles. The highest BCUT2D eigenvalue weighted by Gasteiger charge is 2.28. The number of benzene rings is 2. The Morgan fingerprint density at radius 1 is 1.00 bits per heavy atom. The summed E-state index contributed by atoms with van der Waals surface area (Å²) < 4.78 is 37.1. The minimum absolute atomic E-state index is 0.134. The largest absolute Gasteiger partial charge is 0.457 e. The van der Waals surface area contributed by atoms with Gasteiger partial charge in [-0.2, -0.15) is 0 Å². The van der Waals surface area contributed by atoms with Crippen molar-refractivity contribution in [2.24, 2.45) is 0 Å². The van der Waals surface area contributed by atoms with Crippen LogP contribution in [0.1, 0.15) is 27.2 Å². The molecule has 0 radical (unpaired) electrons. The van der Waals surface area contributed by atoms with Crippen LogP contribution in [0.25, 0.3) is 0 Å². The Morgan fingerprint density at radius 2 is 1.60 bits per heavy atom. The summed E-state index contributed by atoms with van der Waals surface area (Å²) in [7, 11) is -3.67. The van der Waals surface area contributed by atoms with Gasteiger partial charge in [-0.15, -0.1) is 0 Å². The van der Waals surface area contributed by atoms with Gasteiger partial charge in [0.25, 0.3) is 0 Å². The van der Waals surface area contributed by atoms with Crippen molar-refractivity contribution in [3.63, 3.8) is 0 Å². The number of para-hydroxylation sites is 1. The second-order valence-corrected chi connectivity index (χ2v) is 9.07. The van der Waals surface area contributed by atoms with Crippen molar-refractivity contribution in [1.82, 2.24) is 5.32 Å². The van der Waals surface area contributed by atoms with E-state index in [4.69, 9.17) is 9.47 Å². The first kappa shape index (κ1) is 23.7. The number of carbonyl (C=O) groups is 1. The number of hydrogen-bond donors (Lipinski definition) is 1. The molecule has 0 spiro atoms. The predicted molar refractivity (Wildman–Crippen MR) is 118 cm³/mol. The molecule has 164 valence electrons. The fourth-order valence-electron chi connectivity index (χ4n) is 2.85. The maximum Gasteiger partial charge on any atom is 0.243 e. The monoisotopic (exact) mass is 434 g/mol. The number of sulfonamides is 1. The van der Waals surface area contributed by atoms with Crippen LogP contribution in [0.3, 0.4) is 0 Å². The van der Waals surface area contributed by atoms with E-state index in [0.717, 1.165) is 10.6 Å². The highest BCUT2D eigenvalue weighted by atomic mass is 32.2. The summed E-state index contributed by atoms with van der Waals surface area (Å²) in [5, 5.41) is 2.77. The van der Waals surface area contributed by atoms with Crippen molar-refractivity contribution in [2.45, 2.75) is 39.3 Å². The SMILES string of the molecule is CC(C)OCCCNC(=O)[C@H](C)N(c1ccc(Oc2ccccc2)cc1)S(C)(=O)=O. The molecular formula is C22H30N2O5S. The second kappa shape index (κ2) is 11.0. The molecule has 0 aliphatic rings. The number of carbonyl (C=O) groups excluding carboxylic acids is 1. The average molecular weight is 435 g/mol. The normalized spacial score (nSPS) is 12.4. The van der Waals surface area contributed by atoms with Gasteiger partial charge in [0.15, 0.2) is 0 Å². The lowest BCUT2D eigenvalue weighted by Crippen LogP contribution is -2.48. The van der Waals surface area contributed by atoms with Crippen molar-refractivity contribution < 1.29 is 22.7 Å². The Balaban J connectivity index is 2.05. The van der Waals surface area contributed by atoms with Gasteiger partial charge in [-0.25, -0.2) is 8.42 Å². The van der Waals surface area contributed by atoms with Crippen molar-refractivity contribution in [3.8, 4) is 11.5 Å². The van der Waals surface area contributed by atoms with Crippen LogP contribution in [0.5, 0.6) is 11.5 Å². The van der Waals surface area contributed by atoms with Crippen molar-refractivity contribution in [3.05, 3.63) is 54.6 Å². The van der Waals surface area contributed by atoms with E-state index in [1.54, 1.807) is 31.2 Å². The van der Waals surface area contributed by atoms with E-state index in [0.29, 0.717) is 36.8 Å². The minimum atomic E-state index is -3.67. The van der Waals surface area contributed by atoms with Crippen molar-refractivity contribution in [2.75, 3.05) is 23.7 Å². The van der Waals surface area contributed by atoms with Gasteiger partial charge < -0.3 is 14.8 Å². The highest BCUT2D eigenvalue weighted by molar-refractivity contribution is 7.92. The molecule has 0 saturated heterocycles. The molecule has 0 fully saturated rings. The van der Waals surface area contributed by atoms with Gasteiger partial charge in [-0.05, 0) is 63.6 Å². The zero-order valence-corrected chi connectivity index (χ0v) is 18.7. The van der Waals surface area contributed by atoms with Crippen LogP contribution < -0.4 is 14.4 Å². The van der Waals surface area contributed by atoms with Crippen LogP contribution in [-0.4, -0.2) is 45.9 Å². The first-order chi connectivity index (χ1) is 14.2. The van der Waals surface area contributed by atoms with Gasteiger partial charge in [0.2, 0.25) is 15.9 Å². The third-order valence-electron chi connectivity index (χ3n) is 4.23. The Morgan fingerprint density at radius 3 is 2.17 bits per heavy atom. The summed E-state index contributed by atoms with van der Waals surface area (Å²) in [6.07, 6.45) is 1.87. The molecule has 2 aromatic carbocycles. The number of hydrogen-bond acceptors (Lipinski definition) is 5. The van der Waals surface area contributed by atoms with E-state index in [1.165, 1.54) is 0 Å². The zero-order chi connectivity index (χ0) is 22.1. The molecule has 2 rings (SSSR count). The molecule has 0 aromatic heterocycles. The van der Waals surface area contributed by atoms with Crippen LogP contribution >= 0.6 is 0 Å². The summed E-state index contributed by atoms with van der Waals surface area (Å²) in [5.41, 5.74) is 0.392. The summed E-state index contributed by atoms with van der Waals surface area (Å²) >= 11 is 0. The molecule has 2 aromatic rings. The summed E-state index contributed by atoms with van der Waals surface area (Å²) in [4.78, 5) is 12.5. The molecule has 30 heavy (non-hydrogen) atoms. The Bertz CT molecular complexity index is 899. The quantitative estimate of drug-likeness (QED) is 0.547. The van der Waals surface area contributed by atoms with E-state index in [-0.39, 0.29) is 12.0 Å². The highest BCUT2D eigenvalue weighted by Crippen LogP contribution is 2.26. The lowest BCUT2D eigenvalue weighted by Gasteiger charge is -2.28. The van der Waals surface area contributed by atoms with Crippen LogP contribution in [-0.2, 0) is 19.6 Å². The van der Waals surface area contributed by atoms with Crippen LogP contribution in [0, 0.1) is 0 Å². The lowest BCUT2D eigenvalue weighted by atomic mass is 10.2. The van der Waals surface area contributed by atoms with E-state index in [1.807, 2.05) is 44.2 Å². The minimum Gasteiger partial charge on any atom is -0.457 e. The van der Waals surface area contributed by atoms with Crippen LogP contribution in [0.2, 0.25) is 0 Å². The van der Waals surface area contributed by atoms with Crippen LogP contribution in [0.15, 0.2) is 54.6 Å². The fraction of sp³-hybridized carbons (Fsp3) is 0.409. The molecule has 1 N–H and O–H groups in total. The smallest absolute Gasteiger partial charge is 0.243 e. The van der Waals surface area contributed by atoms with Gasteiger partial charge in [-0.1, -0.05) is 18.2 Å². The van der Waals surface area contributed by atoms with Gasteiger partial charge in [-0.3, -0.25) is 9.10 Å². The van der Waals surface area contributed by atoms with E-state index in [2.05, 4.69) is 5.32 Å². The molecule has 0 unspecified atom stereocenters. The van der Waals surface area contributed by atoms with Crippen molar-refractivity contribution in [1.29, 1.82) is 0 Å². The zero-order valence-electron chi connectivity index (χ0n) is 17.9. The Labute approximate surface area is 179 Å². The molecule has 0 aliphatic heterocycles. The number of ether oxygens (including phenoxy) is 2. The molecule has 1 atom stereocenters. The molecule has 7 nitrogen and oxygen atoms in total. The average Bonchev–Trinajstić information content (AvgIpc) is 2.68. The maximum absolute atomic E-state index is 12.5. The van der Waals surface area contributed by atoms with Gasteiger partial charge in [0.05, 0.1) is 18.0 Å². The maximum atomic E-state index is 12.5. The fourth-order valence-corrected chi connectivity index (χ4v) is 4.02. The number of rotatable bonds is 11. The summed E-state index contributed by atoms with van der Waals surface area (Å²) in [6.45, 7) is 6.40. The number of anilines is 1. The lowest BCUT2D eigenvalue weighted by molar-refractivity contribution is -0.121. The molecule has 0 saturated carbocycles. The van der Waals surface area contributed by atoms with Gasteiger partial charge in [0, 0.05) is 13.2 Å². The molecule has 8 heteroatoms. The van der Waals surface area contributed by atoms with E-state index < -0.39 is 16.1 Å². The first-order valence-corrected chi connectivity index (χ1v) is 11.7. The second-order valence-electron chi connectivity index (χ2n) is 7.21. The molecule has 0 bridgehead atoms.